The Bertz CT molecular complexity index is 887. The van der Waals surface area contributed by atoms with Crippen molar-refractivity contribution in [3.8, 4) is 6.07 Å². The van der Waals surface area contributed by atoms with Crippen molar-refractivity contribution in [2.45, 2.75) is 25.1 Å². The fraction of sp³-hybridized carbons (Fsp3) is 0.250. The summed E-state index contributed by atoms with van der Waals surface area (Å²) in [6, 6.07) is 11.9. The lowest BCUT2D eigenvalue weighted by molar-refractivity contribution is -0.145. The van der Waals surface area contributed by atoms with Gasteiger partial charge in [0.2, 0.25) is 5.91 Å². The summed E-state index contributed by atoms with van der Waals surface area (Å²) in [5, 5.41) is 11.3. The molecule has 0 aliphatic carbocycles. The minimum absolute atomic E-state index is 0.118. The molecule has 0 spiro atoms. The fourth-order valence-electron chi connectivity index (χ4n) is 2.57. The van der Waals surface area contributed by atoms with Crippen LogP contribution >= 0.6 is 0 Å². The molecule has 0 radical (unpaired) electrons. The van der Waals surface area contributed by atoms with E-state index >= 15 is 0 Å². The number of rotatable bonds is 6. The molecule has 5 nitrogen and oxygen atoms in total. The Morgan fingerprint density at radius 1 is 1.14 bits per heavy atom. The van der Waals surface area contributed by atoms with E-state index in [2.05, 4.69) is 10.1 Å². The zero-order chi connectivity index (χ0) is 20.7. The molecule has 1 atom stereocenters. The first-order chi connectivity index (χ1) is 13.2. The smallest absolute Gasteiger partial charge is 0.416 e. The summed E-state index contributed by atoms with van der Waals surface area (Å²) in [5.74, 6) is -1.29. The molecule has 1 N–H and O–H groups in total. The lowest BCUT2D eigenvalue weighted by Crippen LogP contribution is -2.43. The van der Waals surface area contributed by atoms with Crippen molar-refractivity contribution < 1.29 is 27.5 Å². The average Bonchev–Trinajstić information content (AvgIpc) is 2.67. The van der Waals surface area contributed by atoms with Gasteiger partial charge < -0.3 is 10.1 Å². The van der Waals surface area contributed by atoms with Gasteiger partial charge in [-0.2, -0.15) is 18.4 Å². The van der Waals surface area contributed by atoms with Crippen LogP contribution in [0, 0.1) is 11.3 Å². The van der Waals surface area contributed by atoms with Crippen LogP contribution in [0.25, 0.3) is 0 Å². The summed E-state index contributed by atoms with van der Waals surface area (Å²) in [6.07, 6.45) is -4.70. The largest absolute Gasteiger partial charge is 0.467 e. The number of carbonyl (C=O) groups is 2. The maximum absolute atomic E-state index is 12.8. The van der Waals surface area contributed by atoms with Gasteiger partial charge in [-0.1, -0.05) is 30.3 Å². The van der Waals surface area contributed by atoms with Crippen molar-refractivity contribution in [1.29, 1.82) is 5.26 Å². The Balaban J connectivity index is 2.08. The van der Waals surface area contributed by atoms with Crippen molar-refractivity contribution in [3.05, 3.63) is 70.8 Å². The Kier molecular flexibility index (Phi) is 6.77. The van der Waals surface area contributed by atoms with E-state index in [1.807, 2.05) is 6.07 Å². The van der Waals surface area contributed by atoms with Gasteiger partial charge in [-0.05, 0) is 29.3 Å². The Morgan fingerprint density at radius 3 is 2.39 bits per heavy atom. The van der Waals surface area contributed by atoms with Crippen LogP contribution in [-0.4, -0.2) is 25.0 Å². The fourth-order valence-corrected chi connectivity index (χ4v) is 2.57. The van der Waals surface area contributed by atoms with E-state index in [-0.39, 0.29) is 18.4 Å². The third kappa shape index (κ3) is 5.84. The maximum Gasteiger partial charge on any atom is 0.416 e. The highest BCUT2D eigenvalue weighted by molar-refractivity contribution is 5.85. The second-order valence-corrected chi connectivity index (χ2v) is 6.03. The highest BCUT2D eigenvalue weighted by Gasteiger charge is 2.30. The standard InChI is InChI=1S/C20H17F3N2O3/c1-28-19(27)17(10-13-5-7-14(12-24)8-6-13)25-18(26)11-15-3-2-4-16(9-15)20(21,22)23/h2-9,17H,10-11H2,1H3,(H,25,26)/t17-/m0/s1. The predicted molar refractivity (Wildman–Crippen MR) is 94.0 cm³/mol. The molecule has 28 heavy (non-hydrogen) atoms. The number of methoxy groups -OCH3 is 1. The van der Waals surface area contributed by atoms with Crippen LogP contribution in [0.2, 0.25) is 0 Å². The number of amides is 1. The number of carbonyl (C=O) groups excluding carboxylic acids is 2. The Hall–Kier alpha value is -3.34. The van der Waals surface area contributed by atoms with E-state index in [1.54, 1.807) is 24.3 Å². The number of alkyl halides is 3. The van der Waals surface area contributed by atoms with Gasteiger partial charge in [0.15, 0.2) is 0 Å². The van der Waals surface area contributed by atoms with Crippen LogP contribution in [0.5, 0.6) is 0 Å². The second-order valence-electron chi connectivity index (χ2n) is 6.03. The van der Waals surface area contributed by atoms with Gasteiger partial charge in [0, 0.05) is 6.42 Å². The van der Waals surface area contributed by atoms with Crippen LogP contribution in [0.15, 0.2) is 48.5 Å². The molecule has 2 aromatic carbocycles. The number of nitrogens with one attached hydrogen (secondary N) is 1. The summed E-state index contributed by atoms with van der Waals surface area (Å²) in [4.78, 5) is 24.2. The van der Waals surface area contributed by atoms with Gasteiger partial charge in [-0.3, -0.25) is 4.79 Å². The van der Waals surface area contributed by atoms with Gasteiger partial charge in [-0.25, -0.2) is 4.79 Å². The highest BCUT2D eigenvalue weighted by Crippen LogP contribution is 2.29. The van der Waals surface area contributed by atoms with E-state index in [0.717, 1.165) is 12.1 Å². The molecule has 2 rings (SSSR count). The SMILES string of the molecule is COC(=O)[C@H](Cc1ccc(C#N)cc1)NC(=O)Cc1cccc(C(F)(F)F)c1. The molecule has 0 fully saturated rings. The minimum atomic E-state index is -4.50. The molecular formula is C20H17F3N2O3. The lowest BCUT2D eigenvalue weighted by atomic mass is 10.0. The van der Waals surface area contributed by atoms with Gasteiger partial charge in [-0.15, -0.1) is 0 Å². The molecule has 0 unspecified atom stereocenters. The lowest BCUT2D eigenvalue weighted by Gasteiger charge is -2.17. The number of ether oxygens (including phenoxy) is 1. The quantitative estimate of drug-likeness (QED) is 0.769. The van der Waals surface area contributed by atoms with Crippen LogP contribution < -0.4 is 5.32 Å². The number of benzene rings is 2. The van der Waals surface area contributed by atoms with E-state index in [1.165, 1.54) is 19.2 Å². The van der Waals surface area contributed by atoms with Crippen molar-refractivity contribution in [1.82, 2.24) is 5.32 Å². The number of hydrogen-bond donors (Lipinski definition) is 1. The van der Waals surface area contributed by atoms with Gasteiger partial charge in [0.05, 0.1) is 30.7 Å². The number of nitriles is 1. The van der Waals surface area contributed by atoms with Crippen molar-refractivity contribution in [2.75, 3.05) is 7.11 Å². The molecule has 0 bridgehead atoms. The summed E-state index contributed by atoms with van der Waals surface area (Å²) < 4.78 is 43.0. The molecule has 0 aromatic heterocycles. The Labute approximate surface area is 159 Å². The van der Waals surface area contributed by atoms with Crippen molar-refractivity contribution in [3.63, 3.8) is 0 Å². The summed E-state index contributed by atoms with van der Waals surface area (Å²) in [6.45, 7) is 0. The number of halogens is 3. The number of nitrogens with zero attached hydrogens (tertiary/aromatic N) is 1. The van der Waals surface area contributed by atoms with Crippen LogP contribution in [0.1, 0.15) is 22.3 Å². The van der Waals surface area contributed by atoms with Gasteiger partial charge in [0.1, 0.15) is 6.04 Å². The molecule has 0 saturated carbocycles. The molecule has 0 saturated heterocycles. The maximum atomic E-state index is 12.8. The first-order valence-electron chi connectivity index (χ1n) is 8.25. The molecule has 0 heterocycles. The van der Waals surface area contributed by atoms with Gasteiger partial charge >= 0.3 is 12.1 Å². The average molecular weight is 390 g/mol. The first kappa shape index (κ1) is 21.0. The predicted octanol–water partition coefficient (Wildman–Crippen LogP) is 3.02. The number of esters is 1. The monoisotopic (exact) mass is 390 g/mol. The van der Waals surface area contributed by atoms with E-state index in [0.29, 0.717) is 11.1 Å². The molecule has 0 aliphatic rings. The molecule has 146 valence electrons. The molecule has 1 amide bonds. The normalized spacial score (nSPS) is 12.0. The molecule has 8 heteroatoms. The van der Waals surface area contributed by atoms with Gasteiger partial charge in [0.25, 0.3) is 0 Å². The van der Waals surface area contributed by atoms with E-state index < -0.39 is 29.7 Å². The van der Waals surface area contributed by atoms with Crippen LogP contribution in [0.3, 0.4) is 0 Å². The second kappa shape index (κ2) is 9.04. The highest BCUT2D eigenvalue weighted by atomic mass is 19.4. The van der Waals surface area contributed by atoms with E-state index in [4.69, 9.17) is 5.26 Å². The first-order valence-corrected chi connectivity index (χ1v) is 8.25. The molecular weight excluding hydrogens is 373 g/mol. The van der Waals surface area contributed by atoms with E-state index in [9.17, 15) is 22.8 Å². The van der Waals surface area contributed by atoms with Crippen LogP contribution in [0.4, 0.5) is 13.2 Å². The van der Waals surface area contributed by atoms with Crippen molar-refractivity contribution in [2.24, 2.45) is 0 Å². The topological polar surface area (TPSA) is 79.2 Å². The molecule has 2 aromatic rings. The molecule has 0 aliphatic heterocycles. The summed E-state index contributed by atoms with van der Waals surface area (Å²) in [5.41, 5.74) is 0.468. The third-order valence-corrected chi connectivity index (χ3v) is 3.96. The third-order valence-electron chi connectivity index (χ3n) is 3.96. The zero-order valence-electron chi connectivity index (χ0n) is 14.9. The number of hydrogen-bond acceptors (Lipinski definition) is 4. The minimum Gasteiger partial charge on any atom is -0.467 e. The summed E-state index contributed by atoms with van der Waals surface area (Å²) >= 11 is 0. The van der Waals surface area contributed by atoms with Crippen molar-refractivity contribution >= 4 is 11.9 Å². The zero-order valence-corrected chi connectivity index (χ0v) is 14.9. The Morgan fingerprint density at radius 2 is 1.82 bits per heavy atom. The van der Waals surface area contributed by atoms with Crippen LogP contribution in [-0.2, 0) is 33.3 Å². The summed E-state index contributed by atoms with van der Waals surface area (Å²) in [7, 11) is 1.17.